The van der Waals surface area contributed by atoms with Gasteiger partial charge in [0.1, 0.15) is 0 Å². The normalized spacial score (nSPS) is 25.1. The summed E-state index contributed by atoms with van der Waals surface area (Å²) < 4.78 is 1.65. The van der Waals surface area contributed by atoms with Gasteiger partial charge in [-0.3, -0.25) is 4.79 Å². The lowest BCUT2D eigenvalue weighted by Gasteiger charge is -2.15. The number of aliphatic hydroxyl groups excluding tert-OH is 2. The Bertz CT molecular complexity index is 708. The van der Waals surface area contributed by atoms with Gasteiger partial charge in [0.2, 0.25) is 0 Å². The molecule has 0 aromatic carbocycles. The van der Waals surface area contributed by atoms with Crippen molar-refractivity contribution >= 4 is 11.0 Å². The highest BCUT2D eigenvalue weighted by Crippen LogP contribution is 2.35. The monoisotopic (exact) mass is 306 g/mol. The zero-order valence-electron chi connectivity index (χ0n) is 12.7. The van der Waals surface area contributed by atoms with Crippen LogP contribution in [0, 0.1) is 5.92 Å². The van der Waals surface area contributed by atoms with E-state index in [-0.39, 0.29) is 24.1 Å². The number of hydrogen-bond acceptors (Lipinski definition) is 5. The number of aromatic amines is 1. The van der Waals surface area contributed by atoms with Crippen LogP contribution < -0.4 is 5.56 Å². The Morgan fingerprint density at radius 3 is 2.95 bits per heavy atom. The van der Waals surface area contributed by atoms with Crippen LogP contribution in [0.25, 0.3) is 11.0 Å². The van der Waals surface area contributed by atoms with Crippen LogP contribution in [-0.2, 0) is 6.42 Å². The first-order valence-electron chi connectivity index (χ1n) is 7.90. The van der Waals surface area contributed by atoms with Gasteiger partial charge in [0.05, 0.1) is 17.7 Å². The van der Waals surface area contributed by atoms with Crippen LogP contribution in [0.15, 0.2) is 10.9 Å². The Balaban J connectivity index is 2.00. The molecule has 3 atom stereocenters. The highest BCUT2D eigenvalue weighted by atomic mass is 16.3. The SMILES string of the molecule is CCCCc1cc2c(nnn2[C@@H]2C[C@H](CO)C[C@H]2O)c(=O)[nH]1. The molecule has 120 valence electrons. The first-order valence-corrected chi connectivity index (χ1v) is 7.90. The number of aromatic nitrogens is 4. The Labute approximate surface area is 128 Å². The summed E-state index contributed by atoms with van der Waals surface area (Å²) in [5.41, 5.74) is 1.60. The number of fused-ring (bicyclic) bond motifs is 1. The topological polar surface area (TPSA) is 104 Å². The molecule has 2 aromatic heterocycles. The minimum Gasteiger partial charge on any atom is -0.396 e. The van der Waals surface area contributed by atoms with Crippen molar-refractivity contribution in [1.29, 1.82) is 0 Å². The number of hydrogen-bond donors (Lipinski definition) is 3. The van der Waals surface area contributed by atoms with E-state index in [0.717, 1.165) is 25.0 Å². The predicted octanol–water partition coefficient (Wildman–Crippen LogP) is 0.766. The number of rotatable bonds is 5. The molecule has 7 nitrogen and oxygen atoms in total. The number of nitrogens with zero attached hydrogens (tertiary/aromatic N) is 3. The molecule has 0 aliphatic heterocycles. The minimum absolute atomic E-state index is 0.0581. The van der Waals surface area contributed by atoms with Crippen LogP contribution in [-0.4, -0.2) is 42.9 Å². The minimum atomic E-state index is -0.569. The molecular formula is C15H22N4O3. The molecule has 2 heterocycles. The van der Waals surface area contributed by atoms with Gasteiger partial charge in [0.15, 0.2) is 5.52 Å². The molecule has 1 aliphatic carbocycles. The summed E-state index contributed by atoms with van der Waals surface area (Å²) in [6.07, 6.45) is 3.49. The summed E-state index contributed by atoms with van der Waals surface area (Å²) in [5.74, 6) is 0.0702. The highest BCUT2D eigenvalue weighted by molar-refractivity contribution is 5.73. The van der Waals surface area contributed by atoms with Crippen LogP contribution in [0.2, 0.25) is 0 Å². The summed E-state index contributed by atoms with van der Waals surface area (Å²) in [6, 6.07) is 1.67. The molecule has 7 heteroatoms. The first-order chi connectivity index (χ1) is 10.6. The first kappa shape index (κ1) is 15.2. The zero-order chi connectivity index (χ0) is 15.7. The van der Waals surface area contributed by atoms with Gasteiger partial charge in [0, 0.05) is 12.3 Å². The lowest BCUT2D eigenvalue weighted by atomic mass is 10.1. The van der Waals surface area contributed by atoms with Gasteiger partial charge in [-0.1, -0.05) is 18.6 Å². The number of unbranched alkanes of at least 4 members (excludes halogenated alkanes) is 1. The fraction of sp³-hybridized carbons (Fsp3) is 0.667. The van der Waals surface area contributed by atoms with Crippen molar-refractivity contribution in [3.05, 3.63) is 22.1 Å². The molecule has 2 aromatic rings. The van der Waals surface area contributed by atoms with Gasteiger partial charge in [-0.2, -0.15) is 0 Å². The van der Waals surface area contributed by atoms with E-state index in [4.69, 9.17) is 0 Å². The number of aliphatic hydroxyl groups is 2. The van der Waals surface area contributed by atoms with Crippen LogP contribution in [0.5, 0.6) is 0 Å². The summed E-state index contributed by atoms with van der Waals surface area (Å²) in [6.45, 7) is 2.16. The van der Waals surface area contributed by atoms with Crippen molar-refractivity contribution in [1.82, 2.24) is 20.0 Å². The largest absolute Gasteiger partial charge is 0.396 e. The van der Waals surface area contributed by atoms with Gasteiger partial charge in [0.25, 0.3) is 5.56 Å². The second kappa shape index (κ2) is 6.18. The molecule has 0 saturated heterocycles. The van der Waals surface area contributed by atoms with Crippen molar-refractivity contribution in [3.8, 4) is 0 Å². The Morgan fingerprint density at radius 2 is 2.27 bits per heavy atom. The van der Waals surface area contributed by atoms with E-state index >= 15 is 0 Å². The van der Waals surface area contributed by atoms with Gasteiger partial charge in [-0.15, -0.1) is 5.10 Å². The maximum Gasteiger partial charge on any atom is 0.278 e. The van der Waals surface area contributed by atoms with Crippen LogP contribution in [0.1, 0.15) is 44.3 Å². The Kier molecular flexibility index (Phi) is 4.26. The Hall–Kier alpha value is -1.73. The van der Waals surface area contributed by atoms with Crippen LogP contribution >= 0.6 is 0 Å². The maximum atomic E-state index is 12.1. The predicted molar refractivity (Wildman–Crippen MR) is 81.6 cm³/mol. The van der Waals surface area contributed by atoms with Crippen molar-refractivity contribution in [2.24, 2.45) is 5.92 Å². The van der Waals surface area contributed by atoms with Gasteiger partial charge in [-0.05, 0) is 37.7 Å². The number of H-pyrrole nitrogens is 1. The van der Waals surface area contributed by atoms with E-state index in [1.165, 1.54) is 0 Å². The van der Waals surface area contributed by atoms with Gasteiger partial charge >= 0.3 is 0 Å². The molecule has 3 N–H and O–H groups in total. The van der Waals surface area contributed by atoms with Crippen LogP contribution in [0.4, 0.5) is 0 Å². The summed E-state index contributed by atoms with van der Waals surface area (Å²) in [4.78, 5) is 15.0. The molecule has 1 saturated carbocycles. The highest BCUT2D eigenvalue weighted by Gasteiger charge is 2.35. The van der Waals surface area contributed by atoms with E-state index in [0.29, 0.717) is 23.9 Å². The second-order valence-electron chi connectivity index (χ2n) is 6.15. The number of aryl methyl sites for hydroxylation is 1. The molecule has 1 aliphatic rings. The van der Waals surface area contributed by atoms with Crippen LogP contribution in [0.3, 0.4) is 0 Å². The fourth-order valence-corrected chi connectivity index (χ4v) is 3.26. The molecular weight excluding hydrogens is 284 g/mol. The third-order valence-corrected chi connectivity index (χ3v) is 4.50. The standard InChI is InChI=1S/C15H22N4O3/c1-2-3-4-10-7-12-14(15(22)16-10)17-18-19(12)11-5-9(8-20)6-13(11)21/h7,9,11,13,20-21H,2-6,8H2,1H3,(H,16,22)/t9-,11+,13+/m0/s1. The Morgan fingerprint density at radius 1 is 1.45 bits per heavy atom. The molecule has 0 unspecified atom stereocenters. The third kappa shape index (κ3) is 2.66. The average Bonchev–Trinajstić information content (AvgIpc) is 3.08. The number of nitrogens with one attached hydrogen (secondary N) is 1. The molecule has 0 radical (unpaired) electrons. The van der Waals surface area contributed by atoms with E-state index in [9.17, 15) is 15.0 Å². The lowest BCUT2D eigenvalue weighted by Crippen LogP contribution is -2.20. The lowest BCUT2D eigenvalue weighted by molar-refractivity contribution is 0.127. The summed E-state index contributed by atoms with van der Waals surface area (Å²) in [5, 5.41) is 27.6. The van der Waals surface area contributed by atoms with Crippen molar-refractivity contribution in [2.45, 2.75) is 51.2 Å². The van der Waals surface area contributed by atoms with E-state index < -0.39 is 6.10 Å². The molecule has 0 spiro atoms. The average molecular weight is 306 g/mol. The maximum absolute atomic E-state index is 12.1. The van der Waals surface area contributed by atoms with Crippen molar-refractivity contribution < 1.29 is 10.2 Å². The van der Waals surface area contributed by atoms with E-state index in [1.54, 1.807) is 4.68 Å². The molecule has 0 bridgehead atoms. The van der Waals surface area contributed by atoms with Gasteiger partial charge < -0.3 is 15.2 Å². The molecule has 1 fully saturated rings. The second-order valence-corrected chi connectivity index (χ2v) is 6.15. The van der Waals surface area contributed by atoms with E-state index in [2.05, 4.69) is 22.2 Å². The fourth-order valence-electron chi connectivity index (χ4n) is 3.26. The smallest absolute Gasteiger partial charge is 0.278 e. The third-order valence-electron chi connectivity index (χ3n) is 4.50. The van der Waals surface area contributed by atoms with E-state index in [1.807, 2.05) is 6.07 Å². The zero-order valence-corrected chi connectivity index (χ0v) is 12.7. The summed E-state index contributed by atoms with van der Waals surface area (Å²) >= 11 is 0. The molecule has 22 heavy (non-hydrogen) atoms. The van der Waals surface area contributed by atoms with Crippen molar-refractivity contribution in [3.63, 3.8) is 0 Å². The quantitative estimate of drug-likeness (QED) is 0.757. The number of pyridine rings is 1. The van der Waals surface area contributed by atoms with Crippen molar-refractivity contribution in [2.75, 3.05) is 6.61 Å². The molecule has 0 amide bonds. The summed E-state index contributed by atoms with van der Waals surface area (Å²) in [7, 11) is 0. The molecule has 3 rings (SSSR count). The van der Waals surface area contributed by atoms with Gasteiger partial charge in [-0.25, -0.2) is 4.68 Å².